The fourth-order valence-electron chi connectivity index (χ4n) is 1.52. The normalized spacial score (nSPS) is 10.9. The molecule has 0 amide bonds. The molecule has 2 nitrogen and oxygen atoms in total. The van der Waals surface area contributed by atoms with Crippen LogP contribution in [0.3, 0.4) is 0 Å². The lowest BCUT2D eigenvalue weighted by atomic mass is 10.1. The third-order valence-electron chi connectivity index (χ3n) is 2.95. The molecular weight excluding hydrogens is 257 g/mol. The molecule has 0 aromatic heterocycles. The Hall–Kier alpha value is -1.52. The summed E-state index contributed by atoms with van der Waals surface area (Å²) >= 11 is 0. The summed E-state index contributed by atoms with van der Waals surface area (Å²) in [5.74, 6) is -5.14. The van der Waals surface area contributed by atoms with Gasteiger partial charge in [0.25, 0.3) is 0 Å². The number of hydrogen-bond acceptors (Lipinski definition) is 2. The molecule has 106 valence electrons. The number of carbonyl (C=O) groups excluding carboxylic acids is 1. The van der Waals surface area contributed by atoms with E-state index in [-0.39, 0.29) is 23.5 Å². The van der Waals surface area contributed by atoms with Gasteiger partial charge < -0.3 is 4.74 Å². The summed E-state index contributed by atoms with van der Waals surface area (Å²) in [6, 6.07) is 0. The average Bonchev–Trinajstić information content (AvgIpc) is 2.36. The number of ether oxygens (including phenoxy) is 1. The van der Waals surface area contributed by atoms with E-state index in [0.717, 1.165) is 0 Å². The first kappa shape index (κ1) is 15.5. The molecule has 1 aromatic carbocycles. The van der Waals surface area contributed by atoms with E-state index >= 15 is 0 Å². The van der Waals surface area contributed by atoms with Crippen LogP contribution in [0, 0.1) is 37.2 Å². The van der Waals surface area contributed by atoms with E-state index < -0.39 is 29.2 Å². The van der Waals surface area contributed by atoms with Crippen molar-refractivity contribution >= 4 is 5.97 Å². The summed E-state index contributed by atoms with van der Waals surface area (Å²) in [6.45, 7) is 6.38. The van der Waals surface area contributed by atoms with E-state index in [9.17, 15) is 18.0 Å². The monoisotopic (exact) mass is 274 g/mol. The maximum atomic E-state index is 13.8. The molecule has 0 bridgehead atoms. The molecule has 0 heterocycles. The highest BCUT2D eigenvalue weighted by molar-refractivity contribution is 5.72. The minimum atomic E-state index is -1.46. The van der Waals surface area contributed by atoms with Crippen molar-refractivity contribution in [1.29, 1.82) is 0 Å². The van der Waals surface area contributed by atoms with Crippen LogP contribution in [0.1, 0.15) is 37.8 Å². The summed E-state index contributed by atoms with van der Waals surface area (Å²) < 4.78 is 45.4. The summed E-state index contributed by atoms with van der Waals surface area (Å²) in [5, 5.41) is 0. The van der Waals surface area contributed by atoms with Gasteiger partial charge in [0, 0.05) is 6.42 Å². The van der Waals surface area contributed by atoms with Crippen molar-refractivity contribution in [1.82, 2.24) is 0 Å². The summed E-state index contributed by atoms with van der Waals surface area (Å²) in [6.07, 6.45) is 0.570. The molecule has 0 aliphatic rings. The lowest BCUT2D eigenvalue weighted by molar-refractivity contribution is -0.135. The minimum Gasteiger partial charge on any atom is -0.420 e. The van der Waals surface area contributed by atoms with Gasteiger partial charge >= 0.3 is 5.97 Å². The topological polar surface area (TPSA) is 26.3 Å². The Balaban J connectivity index is 2.99. The van der Waals surface area contributed by atoms with Gasteiger partial charge in [0.05, 0.1) is 0 Å². The van der Waals surface area contributed by atoms with Gasteiger partial charge in [-0.25, -0.2) is 8.78 Å². The number of benzene rings is 1. The van der Waals surface area contributed by atoms with E-state index in [0.29, 0.717) is 6.42 Å². The number of hydrogen-bond donors (Lipinski definition) is 0. The Kier molecular flexibility index (Phi) is 4.97. The lowest BCUT2D eigenvalue weighted by Crippen LogP contribution is -2.13. The smallest absolute Gasteiger partial charge is 0.311 e. The van der Waals surface area contributed by atoms with E-state index in [4.69, 9.17) is 0 Å². The first-order valence-corrected chi connectivity index (χ1v) is 6.10. The Bertz CT molecular complexity index is 467. The summed E-state index contributed by atoms with van der Waals surface area (Å²) in [7, 11) is 0. The number of rotatable bonds is 4. The van der Waals surface area contributed by atoms with Gasteiger partial charge in [0.1, 0.15) is 0 Å². The van der Waals surface area contributed by atoms with Crippen molar-refractivity contribution in [3.63, 3.8) is 0 Å². The van der Waals surface area contributed by atoms with Crippen LogP contribution in [-0.4, -0.2) is 5.97 Å². The Morgan fingerprint density at radius 1 is 1.05 bits per heavy atom. The minimum absolute atomic E-state index is 0.0328. The van der Waals surface area contributed by atoms with Crippen molar-refractivity contribution < 1.29 is 22.7 Å². The van der Waals surface area contributed by atoms with E-state index in [1.165, 1.54) is 13.8 Å². The highest BCUT2D eigenvalue weighted by Crippen LogP contribution is 2.30. The molecule has 19 heavy (non-hydrogen) atoms. The summed E-state index contributed by atoms with van der Waals surface area (Å²) in [4.78, 5) is 11.5. The van der Waals surface area contributed by atoms with Gasteiger partial charge in [0.15, 0.2) is 11.6 Å². The fourth-order valence-corrected chi connectivity index (χ4v) is 1.52. The predicted octanol–water partition coefficient (Wildman–Crippen LogP) is 4.06. The van der Waals surface area contributed by atoms with Crippen LogP contribution < -0.4 is 4.74 Å². The second-order valence-electron chi connectivity index (χ2n) is 4.93. The Morgan fingerprint density at radius 3 is 2.11 bits per heavy atom. The van der Waals surface area contributed by atoms with Crippen LogP contribution in [0.15, 0.2) is 0 Å². The van der Waals surface area contributed by atoms with Gasteiger partial charge in [-0.3, -0.25) is 4.79 Å². The van der Waals surface area contributed by atoms with Gasteiger partial charge in [-0.2, -0.15) is 4.39 Å². The zero-order chi connectivity index (χ0) is 14.7. The second-order valence-corrected chi connectivity index (χ2v) is 4.93. The van der Waals surface area contributed by atoms with Crippen LogP contribution >= 0.6 is 0 Å². The van der Waals surface area contributed by atoms with E-state index in [2.05, 4.69) is 4.74 Å². The number of esters is 1. The standard InChI is InChI=1S/C14H17F3O2/c1-7(2)5-6-10(18)19-14-12(16)9(4)8(3)11(15)13(14)17/h7H,5-6H2,1-4H3. The Morgan fingerprint density at radius 2 is 1.58 bits per heavy atom. The van der Waals surface area contributed by atoms with Crippen LogP contribution in [0.4, 0.5) is 13.2 Å². The first-order valence-electron chi connectivity index (χ1n) is 6.10. The molecule has 0 radical (unpaired) electrons. The zero-order valence-electron chi connectivity index (χ0n) is 11.4. The van der Waals surface area contributed by atoms with Crippen molar-refractivity contribution in [3.8, 4) is 5.75 Å². The van der Waals surface area contributed by atoms with Crippen LogP contribution in [0.5, 0.6) is 5.75 Å². The van der Waals surface area contributed by atoms with E-state index in [1.807, 2.05) is 13.8 Å². The second kappa shape index (κ2) is 6.08. The SMILES string of the molecule is Cc1c(C)c(F)c(OC(=O)CCC(C)C)c(F)c1F. The maximum absolute atomic E-state index is 13.8. The number of halogens is 3. The van der Waals surface area contributed by atoms with Gasteiger partial charge in [-0.15, -0.1) is 0 Å². The first-order chi connectivity index (χ1) is 8.75. The molecular formula is C14H17F3O2. The molecule has 0 spiro atoms. The molecule has 0 unspecified atom stereocenters. The van der Waals surface area contributed by atoms with Crippen molar-refractivity contribution in [2.24, 2.45) is 5.92 Å². The van der Waals surface area contributed by atoms with Crippen molar-refractivity contribution in [3.05, 3.63) is 28.6 Å². The molecule has 0 saturated heterocycles. The van der Waals surface area contributed by atoms with Crippen molar-refractivity contribution in [2.45, 2.75) is 40.5 Å². The molecule has 1 aromatic rings. The van der Waals surface area contributed by atoms with Crippen LogP contribution in [-0.2, 0) is 4.79 Å². The van der Waals surface area contributed by atoms with Gasteiger partial charge in [-0.1, -0.05) is 13.8 Å². The largest absolute Gasteiger partial charge is 0.420 e. The molecule has 0 aliphatic heterocycles. The Labute approximate surface area is 110 Å². The molecule has 0 saturated carbocycles. The van der Waals surface area contributed by atoms with Crippen LogP contribution in [0.2, 0.25) is 0 Å². The molecule has 0 N–H and O–H groups in total. The highest BCUT2D eigenvalue weighted by Gasteiger charge is 2.23. The molecule has 1 rings (SSSR count). The van der Waals surface area contributed by atoms with Gasteiger partial charge in [0.2, 0.25) is 11.6 Å². The van der Waals surface area contributed by atoms with E-state index in [1.54, 1.807) is 0 Å². The third kappa shape index (κ3) is 3.49. The zero-order valence-corrected chi connectivity index (χ0v) is 11.4. The molecule has 0 fully saturated rings. The maximum Gasteiger partial charge on any atom is 0.311 e. The van der Waals surface area contributed by atoms with Crippen LogP contribution in [0.25, 0.3) is 0 Å². The summed E-state index contributed by atoms with van der Waals surface area (Å²) in [5.41, 5.74) is -0.192. The molecule has 0 aliphatic carbocycles. The quantitative estimate of drug-likeness (QED) is 0.470. The number of carbonyl (C=O) groups is 1. The van der Waals surface area contributed by atoms with Crippen molar-refractivity contribution in [2.75, 3.05) is 0 Å². The molecule has 5 heteroatoms. The predicted molar refractivity (Wildman–Crippen MR) is 65.5 cm³/mol. The highest BCUT2D eigenvalue weighted by atomic mass is 19.2. The third-order valence-corrected chi connectivity index (χ3v) is 2.95. The fraction of sp³-hybridized carbons (Fsp3) is 0.500. The average molecular weight is 274 g/mol. The lowest BCUT2D eigenvalue weighted by Gasteiger charge is -2.12. The molecule has 0 atom stereocenters. The van der Waals surface area contributed by atoms with Gasteiger partial charge in [-0.05, 0) is 37.3 Å².